The van der Waals surface area contributed by atoms with Crippen LogP contribution >= 0.6 is 15.9 Å². The molecule has 0 unspecified atom stereocenters. The molecule has 2 N–H and O–H groups in total. The quantitative estimate of drug-likeness (QED) is 0.380. The van der Waals surface area contributed by atoms with Gasteiger partial charge in [-0.05, 0) is 41.1 Å². The van der Waals surface area contributed by atoms with Gasteiger partial charge in [-0.3, -0.25) is 10.3 Å². The number of rotatable bonds is 2. The Bertz CT molecular complexity index is 439. The molecule has 0 aliphatic carbocycles. The standard InChI is InChI=1S/C10H10BrFN4/c1-2-14-10(15-6-13)16-7-3-4-9(12)8(11)5-7/h3-5H,2H2,1H3,(H2,14,15,16). The molecule has 0 saturated carbocycles. The number of aliphatic imine (C=N–C) groups is 1. The highest BCUT2D eigenvalue weighted by molar-refractivity contribution is 9.10. The van der Waals surface area contributed by atoms with E-state index in [0.29, 0.717) is 22.7 Å². The number of hydrogen-bond donors (Lipinski definition) is 2. The Hall–Kier alpha value is -1.61. The predicted molar refractivity (Wildman–Crippen MR) is 64.4 cm³/mol. The number of hydrogen-bond acceptors (Lipinski definition) is 2. The van der Waals surface area contributed by atoms with E-state index in [0.717, 1.165) is 0 Å². The fraction of sp³-hybridized carbons (Fsp3) is 0.200. The van der Waals surface area contributed by atoms with Gasteiger partial charge in [-0.25, -0.2) is 4.39 Å². The van der Waals surface area contributed by atoms with Gasteiger partial charge in [0, 0.05) is 12.2 Å². The van der Waals surface area contributed by atoms with E-state index in [4.69, 9.17) is 5.26 Å². The van der Waals surface area contributed by atoms with E-state index in [-0.39, 0.29) is 5.82 Å². The van der Waals surface area contributed by atoms with E-state index in [9.17, 15) is 4.39 Å². The van der Waals surface area contributed by atoms with Crippen molar-refractivity contribution in [3.05, 3.63) is 28.5 Å². The summed E-state index contributed by atoms with van der Waals surface area (Å²) in [4.78, 5) is 4.02. The van der Waals surface area contributed by atoms with Gasteiger partial charge >= 0.3 is 0 Å². The van der Waals surface area contributed by atoms with E-state index in [2.05, 4.69) is 31.6 Å². The SMILES string of the molecule is CCN=C(NC#N)Nc1ccc(F)c(Br)c1. The molecule has 0 bridgehead atoms. The van der Waals surface area contributed by atoms with Crippen molar-refractivity contribution in [3.8, 4) is 6.19 Å². The second-order valence-electron chi connectivity index (χ2n) is 2.81. The Labute approximate surface area is 101 Å². The van der Waals surface area contributed by atoms with Crippen molar-refractivity contribution in [1.82, 2.24) is 5.32 Å². The summed E-state index contributed by atoms with van der Waals surface area (Å²) in [5, 5.41) is 13.8. The molecule has 84 valence electrons. The molecule has 0 aromatic heterocycles. The number of guanidine groups is 1. The highest BCUT2D eigenvalue weighted by Crippen LogP contribution is 2.19. The molecule has 1 rings (SSSR count). The summed E-state index contributed by atoms with van der Waals surface area (Å²) < 4.78 is 13.3. The van der Waals surface area contributed by atoms with Crippen molar-refractivity contribution in [3.63, 3.8) is 0 Å². The Morgan fingerprint density at radius 1 is 1.62 bits per heavy atom. The van der Waals surface area contributed by atoms with Gasteiger partial charge in [-0.1, -0.05) is 0 Å². The second-order valence-corrected chi connectivity index (χ2v) is 3.67. The Kier molecular flexibility index (Phi) is 4.73. The van der Waals surface area contributed by atoms with Crippen LogP contribution < -0.4 is 10.6 Å². The molecule has 0 spiro atoms. The number of anilines is 1. The maximum Gasteiger partial charge on any atom is 0.209 e. The van der Waals surface area contributed by atoms with Crippen LogP contribution in [0.2, 0.25) is 0 Å². The van der Waals surface area contributed by atoms with Gasteiger partial charge in [0.05, 0.1) is 4.47 Å². The summed E-state index contributed by atoms with van der Waals surface area (Å²) >= 11 is 3.07. The fourth-order valence-corrected chi connectivity index (χ4v) is 1.41. The molecule has 6 heteroatoms. The molecular formula is C10H10BrFN4. The van der Waals surface area contributed by atoms with Gasteiger partial charge in [-0.2, -0.15) is 5.26 Å². The zero-order valence-electron chi connectivity index (χ0n) is 8.59. The molecule has 1 aromatic carbocycles. The molecule has 0 atom stereocenters. The van der Waals surface area contributed by atoms with Gasteiger partial charge < -0.3 is 5.32 Å². The molecule has 0 aliphatic rings. The number of halogens is 2. The Morgan fingerprint density at radius 3 is 2.94 bits per heavy atom. The lowest BCUT2D eigenvalue weighted by molar-refractivity contribution is 0.621. The van der Waals surface area contributed by atoms with Crippen LogP contribution in [-0.4, -0.2) is 12.5 Å². The molecule has 0 fully saturated rings. The first-order chi connectivity index (χ1) is 7.67. The van der Waals surface area contributed by atoms with Gasteiger partial charge in [0.15, 0.2) is 6.19 Å². The lowest BCUT2D eigenvalue weighted by atomic mass is 10.3. The largest absolute Gasteiger partial charge is 0.325 e. The summed E-state index contributed by atoms with van der Waals surface area (Å²) in [6.07, 6.45) is 1.77. The third-order valence-corrected chi connectivity index (χ3v) is 2.28. The van der Waals surface area contributed by atoms with Crippen LogP contribution in [0.5, 0.6) is 0 Å². The minimum absolute atomic E-state index is 0.337. The minimum atomic E-state index is -0.340. The van der Waals surface area contributed by atoms with E-state index < -0.39 is 0 Å². The van der Waals surface area contributed by atoms with Crippen LogP contribution in [0.3, 0.4) is 0 Å². The first-order valence-corrected chi connectivity index (χ1v) is 5.38. The van der Waals surface area contributed by atoms with Gasteiger partial charge in [0.2, 0.25) is 5.96 Å². The van der Waals surface area contributed by atoms with Crippen molar-refractivity contribution in [2.24, 2.45) is 4.99 Å². The molecule has 1 aromatic rings. The number of nitrogens with one attached hydrogen (secondary N) is 2. The molecule has 0 radical (unpaired) electrons. The lowest BCUT2D eigenvalue weighted by Crippen LogP contribution is -2.26. The van der Waals surface area contributed by atoms with Gasteiger partial charge in [-0.15, -0.1) is 0 Å². The average Bonchev–Trinajstić information content (AvgIpc) is 2.24. The predicted octanol–water partition coefficient (Wildman–Crippen LogP) is 2.45. The summed E-state index contributed by atoms with van der Waals surface area (Å²) in [7, 11) is 0. The van der Waals surface area contributed by atoms with Crippen molar-refractivity contribution in [2.45, 2.75) is 6.92 Å². The number of benzene rings is 1. The van der Waals surface area contributed by atoms with Crippen molar-refractivity contribution in [2.75, 3.05) is 11.9 Å². The lowest BCUT2D eigenvalue weighted by Gasteiger charge is -2.07. The maximum absolute atomic E-state index is 13.0. The molecule has 0 saturated heterocycles. The van der Waals surface area contributed by atoms with Crippen LogP contribution in [0, 0.1) is 17.3 Å². The number of nitriles is 1. The second kappa shape index (κ2) is 6.08. The Morgan fingerprint density at radius 2 is 2.38 bits per heavy atom. The Balaban J connectivity index is 2.82. The maximum atomic E-state index is 13.0. The van der Waals surface area contributed by atoms with Crippen molar-refractivity contribution < 1.29 is 4.39 Å². The topological polar surface area (TPSA) is 60.2 Å². The molecule has 0 heterocycles. The smallest absolute Gasteiger partial charge is 0.209 e. The van der Waals surface area contributed by atoms with Crippen LogP contribution in [0.4, 0.5) is 10.1 Å². The van der Waals surface area contributed by atoms with Crippen LogP contribution in [0.15, 0.2) is 27.7 Å². The molecule has 4 nitrogen and oxygen atoms in total. The first kappa shape index (κ1) is 12.5. The summed E-state index contributed by atoms with van der Waals surface area (Å²) in [5.74, 6) is -0.00344. The normalized spacial score (nSPS) is 10.8. The zero-order chi connectivity index (χ0) is 12.0. The summed E-state index contributed by atoms with van der Waals surface area (Å²) in [5.41, 5.74) is 0.642. The van der Waals surface area contributed by atoms with Crippen molar-refractivity contribution in [1.29, 1.82) is 5.26 Å². The van der Waals surface area contributed by atoms with E-state index >= 15 is 0 Å². The molecule has 0 aliphatic heterocycles. The van der Waals surface area contributed by atoms with E-state index in [1.807, 2.05) is 6.92 Å². The van der Waals surface area contributed by atoms with Crippen LogP contribution in [0.25, 0.3) is 0 Å². The van der Waals surface area contributed by atoms with Crippen LogP contribution in [-0.2, 0) is 0 Å². The fourth-order valence-electron chi connectivity index (χ4n) is 1.03. The first-order valence-electron chi connectivity index (χ1n) is 4.59. The third-order valence-electron chi connectivity index (χ3n) is 1.67. The molecule has 16 heavy (non-hydrogen) atoms. The molecule has 0 amide bonds. The monoisotopic (exact) mass is 284 g/mol. The average molecular weight is 285 g/mol. The third kappa shape index (κ3) is 3.51. The molecular weight excluding hydrogens is 275 g/mol. The van der Waals surface area contributed by atoms with E-state index in [1.54, 1.807) is 18.3 Å². The highest BCUT2D eigenvalue weighted by Gasteiger charge is 2.02. The van der Waals surface area contributed by atoms with Gasteiger partial charge in [0.25, 0.3) is 0 Å². The zero-order valence-corrected chi connectivity index (χ0v) is 10.2. The van der Waals surface area contributed by atoms with E-state index in [1.165, 1.54) is 6.07 Å². The van der Waals surface area contributed by atoms with Crippen LogP contribution in [0.1, 0.15) is 6.92 Å². The highest BCUT2D eigenvalue weighted by atomic mass is 79.9. The van der Waals surface area contributed by atoms with Gasteiger partial charge in [0.1, 0.15) is 5.82 Å². The number of nitrogens with zero attached hydrogens (tertiary/aromatic N) is 2. The minimum Gasteiger partial charge on any atom is -0.325 e. The summed E-state index contributed by atoms with van der Waals surface area (Å²) in [6, 6.07) is 4.45. The summed E-state index contributed by atoms with van der Waals surface area (Å²) in [6.45, 7) is 2.39. The van der Waals surface area contributed by atoms with Crippen molar-refractivity contribution >= 4 is 27.6 Å².